The number of ether oxygens (including phenoxy) is 1. The molecule has 1 aromatic carbocycles. The van der Waals surface area contributed by atoms with E-state index in [9.17, 15) is 0 Å². The number of likely N-dealkylation sites (N-methyl/N-ethyl adjacent to an activating group) is 1. The Labute approximate surface area is 135 Å². The molecule has 0 amide bonds. The van der Waals surface area contributed by atoms with Gasteiger partial charge in [-0.3, -0.25) is 4.98 Å². The highest BCUT2D eigenvalue weighted by molar-refractivity contribution is 6.42. The Hall–Kier alpha value is -1.29. The van der Waals surface area contributed by atoms with E-state index in [0.29, 0.717) is 10.0 Å². The Morgan fingerprint density at radius 1 is 1.24 bits per heavy atom. The third kappa shape index (κ3) is 4.10. The van der Waals surface area contributed by atoms with Gasteiger partial charge >= 0.3 is 0 Å². The number of hydrogen-bond donors (Lipinski definition) is 1. The summed E-state index contributed by atoms with van der Waals surface area (Å²) < 4.78 is 5.40. The average Bonchev–Trinajstić information content (AvgIpc) is 2.50. The number of rotatable bonds is 6. The van der Waals surface area contributed by atoms with Gasteiger partial charge in [0.15, 0.2) is 0 Å². The molecule has 2 aromatic rings. The van der Waals surface area contributed by atoms with Gasteiger partial charge in [-0.25, -0.2) is 0 Å². The van der Waals surface area contributed by atoms with Gasteiger partial charge in [-0.1, -0.05) is 36.2 Å². The number of nitrogens with one attached hydrogen (secondary N) is 1. The zero-order valence-electron chi connectivity index (χ0n) is 12.1. The van der Waals surface area contributed by atoms with Crippen LogP contribution in [0, 0.1) is 0 Å². The molecule has 0 aliphatic rings. The first-order valence-electron chi connectivity index (χ1n) is 6.82. The van der Waals surface area contributed by atoms with E-state index in [2.05, 4.69) is 17.2 Å². The van der Waals surface area contributed by atoms with E-state index < -0.39 is 0 Å². The van der Waals surface area contributed by atoms with E-state index in [4.69, 9.17) is 27.9 Å². The van der Waals surface area contributed by atoms with E-state index in [1.165, 1.54) is 0 Å². The molecular formula is C16H18Cl2N2O. The van der Waals surface area contributed by atoms with Crippen molar-refractivity contribution in [3.05, 3.63) is 57.8 Å². The molecule has 3 nitrogen and oxygen atoms in total. The van der Waals surface area contributed by atoms with E-state index in [-0.39, 0.29) is 6.04 Å². The maximum Gasteiger partial charge on any atom is 0.141 e. The molecular weight excluding hydrogens is 307 g/mol. The fraction of sp³-hybridized carbons (Fsp3) is 0.312. The molecule has 0 radical (unpaired) electrons. The minimum absolute atomic E-state index is 0.0587. The first kappa shape index (κ1) is 16.1. The molecule has 112 valence electrons. The van der Waals surface area contributed by atoms with Crippen molar-refractivity contribution < 1.29 is 4.74 Å². The topological polar surface area (TPSA) is 34.2 Å². The standard InChI is InChI=1S/C16H18Cl2N2O/c1-3-19-14(16-15(21-2)5-4-8-20-16)10-11-6-7-12(17)13(18)9-11/h4-9,14,19H,3,10H2,1-2H3. The zero-order valence-corrected chi connectivity index (χ0v) is 13.6. The van der Waals surface area contributed by atoms with Crippen molar-refractivity contribution in [1.82, 2.24) is 10.3 Å². The quantitative estimate of drug-likeness (QED) is 0.860. The Morgan fingerprint density at radius 3 is 2.71 bits per heavy atom. The van der Waals surface area contributed by atoms with Crippen LogP contribution in [0.4, 0.5) is 0 Å². The summed E-state index contributed by atoms with van der Waals surface area (Å²) in [6.07, 6.45) is 2.54. The van der Waals surface area contributed by atoms with Gasteiger partial charge in [0, 0.05) is 6.20 Å². The first-order valence-corrected chi connectivity index (χ1v) is 7.57. The van der Waals surface area contributed by atoms with Crippen LogP contribution < -0.4 is 10.1 Å². The molecule has 0 fully saturated rings. The summed E-state index contributed by atoms with van der Waals surface area (Å²) in [5.74, 6) is 0.781. The highest BCUT2D eigenvalue weighted by Crippen LogP contribution is 2.28. The number of halogens is 2. The van der Waals surface area contributed by atoms with E-state index >= 15 is 0 Å². The molecule has 0 aliphatic carbocycles. The van der Waals surface area contributed by atoms with Gasteiger partial charge in [-0.15, -0.1) is 0 Å². The van der Waals surface area contributed by atoms with Crippen LogP contribution in [0.15, 0.2) is 36.5 Å². The predicted molar refractivity (Wildman–Crippen MR) is 87.4 cm³/mol. The lowest BCUT2D eigenvalue weighted by molar-refractivity contribution is 0.394. The third-order valence-electron chi connectivity index (χ3n) is 3.22. The maximum atomic E-state index is 6.09. The van der Waals surface area contributed by atoms with Gasteiger partial charge in [0.1, 0.15) is 5.75 Å². The summed E-state index contributed by atoms with van der Waals surface area (Å²) in [7, 11) is 1.66. The number of hydrogen-bond acceptors (Lipinski definition) is 3. The lowest BCUT2D eigenvalue weighted by Gasteiger charge is -2.20. The third-order valence-corrected chi connectivity index (χ3v) is 3.96. The summed E-state index contributed by atoms with van der Waals surface area (Å²) in [6, 6.07) is 9.53. The van der Waals surface area contributed by atoms with Crippen molar-refractivity contribution in [2.45, 2.75) is 19.4 Å². The summed E-state index contributed by atoms with van der Waals surface area (Å²) in [4.78, 5) is 4.46. The molecule has 0 saturated carbocycles. The monoisotopic (exact) mass is 324 g/mol. The van der Waals surface area contributed by atoms with Crippen LogP contribution in [0.3, 0.4) is 0 Å². The van der Waals surface area contributed by atoms with Gasteiger partial charge in [-0.2, -0.15) is 0 Å². The highest BCUT2D eigenvalue weighted by Gasteiger charge is 2.17. The molecule has 0 saturated heterocycles. The van der Waals surface area contributed by atoms with E-state index in [1.807, 2.05) is 30.3 Å². The van der Waals surface area contributed by atoms with Crippen LogP contribution in [0.25, 0.3) is 0 Å². The van der Waals surface area contributed by atoms with Crippen LogP contribution in [-0.2, 0) is 6.42 Å². The summed E-state index contributed by atoms with van der Waals surface area (Å²) in [6.45, 7) is 2.91. The van der Waals surface area contributed by atoms with E-state index in [1.54, 1.807) is 13.3 Å². The predicted octanol–water partition coefficient (Wildman–Crippen LogP) is 4.29. The molecule has 2 rings (SSSR count). The molecule has 0 spiro atoms. The normalized spacial score (nSPS) is 12.2. The van der Waals surface area contributed by atoms with Crippen LogP contribution in [-0.4, -0.2) is 18.6 Å². The van der Waals surface area contributed by atoms with Crippen molar-refractivity contribution in [2.75, 3.05) is 13.7 Å². The Balaban J connectivity index is 2.28. The van der Waals surface area contributed by atoms with Gasteiger partial charge in [0.25, 0.3) is 0 Å². The van der Waals surface area contributed by atoms with Gasteiger partial charge in [0.2, 0.25) is 0 Å². The highest BCUT2D eigenvalue weighted by atomic mass is 35.5. The smallest absolute Gasteiger partial charge is 0.141 e. The van der Waals surface area contributed by atoms with E-state index in [0.717, 1.165) is 30.0 Å². The van der Waals surface area contributed by atoms with Crippen LogP contribution in [0.2, 0.25) is 10.0 Å². The lowest BCUT2D eigenvalue weighted by atomic mass is 10.0. The summed E-state index contributed by atoms with van der Waals surface area (Å²) in [5.41, 5.74) is 2.00. The Kier molecular flexibility index (Phi) is 5.85. The van der Waals surface area contributed by atoms with Crippen molar-refractivity contribution in [3.63, 3.8) is 0 Å². The molecule has 1 unspecified atom stereocenters. The number of nitrogens with zero attached hydrogens (tertiary/aromatic N) is 1. The Bertz CT molecular complexity index is 605. The van der Waals surface area contributed by atoms with Crippen LogP contribution in [0.5, 0.6) is 5.75 Å². The molecule has 0 aliphatic heterocycles. The first-order chi connectivity index (χ1) is 10.2. The molecule has 0 bridgehead atoms. The molecule has 1 atom stereocenters. The van der Waals surface area contributed by atoms with Crippen LogP contribution >= 0.6 is 23.2 Å². The fourth-order valence-corrected chi connectivity index (χ4v) is 2.57. The molecule has 1 aromatic heterocycles. The van der Waals surface area contributed by atoms with Crippen molar-refractivity contribution in [3.8, 4) is 5.75 Å². The lowest BCUT2D eigenvalue weighted by Crippen LogP contribution is -2.24. The largest absolute Gasteiger partial charge is 0.495 e. The van der Waals surface area contributed by atoms with Gasteiger partial charge in [0.05, 0.1) is 28.9 Å². The van der Waals surface area contributed by atoms with Gasteiger partial charge in [-0.05, 0) is 42.8 Å². The van der Waals surface area contributed by atoms with Crippen LogP contribution in [0.1, 0.15) is 24.2 Å². The number of aromatic nitrogens is 1. The Morgan fingerprint density at radius 2 is 2.05 bits per heavy atom. The molecule has 5 heteroatoms. The second-order valence-corrected chi connectivity index (χ2v) is 5.47. The molecule has 1 N–H and O–H groups in total. The zero-order chi connectivity index (χ0) is 15.2. The SMILES string of the molecule is CCNC(Cc1ccc(Cl)c(Cl)c1)c1ncccc1OC. The molecule has 1 heterocycles. The molecule has 21 heavy (non-hydrogen) atoms. The van der Waals surface area contributed by atoms with Crippen molar-refractivity contribution in [1.29, 1.82) is 0 Å². The second kappa shape index (κ2) is 7.64. The second-order valence-electron chi connectivity index (χ2n) is 4.65. The maximum absolute atomic E-state index is 6.09. The fourth-order valence-electron chi connectivity index (χ4n) is 2.25. The summed E-state index contributed by atoms with van der Waals surface area (Å²) in [5, 5.41) is 4.57. The van der Waals surface area contributed by atoms with Crippen molar-refractivity contribution in [2.24, 2.45) is 0 Å². The van der Waals surface area contributed by atoms with Gasteiger partial charge < -0.3 is 10.1 Å². The van der Waals surface area contributed by atoms with Crippen molar-refractivity contribution >= 4 is 23.2 Å². The minimum atomic E-state index is 0.0587. The summed E-state index contributed by atoms with van der Waals surface area (Å²) >= 11 is 12.0. The minimum Gasteiger partial charge on any atom is -0.495 e. The number of benzene rings is 1. The number of pyridine rings is 1. The average molecular weight is 325 g/mol. The number of methoxy groups -OCH3 is 1.